The van der Waals surface area contributed by atoms with E-state index >= 15 is 0 Å². The molecule has 0 bridgehead atoms. The van der Waals surface area contributed by atoms with Crippen LogP contribution < -0.4 is 0 Å². The highest BCUT2D eigenvalue weighted by Gasteiger charge is 2.23. The first-order chi connectivity index (χ1) is 17.6. The van der Waals surface area contributed by atoms with E-state index in [1.165, 1.54) is 76.0 Å². The second kappa shape index (κ2) is 26.6. The summed E-state index contributed by atoms with van der Waals surface area (Å²) in [6.07, 6.45) is 24.9. The van der Waals surface area contributed by atoms with Crippen LogP contribution in [-0.4, -0.2) is 38.2 Å². The summed E-state index contributed by atoms with van der Waals surface area (Å²) in [7, 11) is -3.76. The Hall–Kier alpha value is -0.980. The van der Waals surface area contributed by atoms with E-state index < -0.39 is 10.1 Å². The topological polar surface area (TPSA) is 87.5 Å². The first kappa shape index (κ1) is 38.2. The van der Waals surface area contributed by atoms with Gasteiger partial charge in [0.25, 0.3) is 10.1 Å². The number of unbranched alkanes of at least 4 members (excludes halogenated alkanes) is 4. The van der Waals surface area contributed by atoms with Gasteiger partial charge >= 0.3 is 0 Å². The molecule has 0 spiro atoms. The molecule has 0 amide bonds. The Balaban J connectivity index is 0. The number of allylic oxidation sites excluding steroid dienone is 4. The van der Waals surface area contributed by atoms with Gasteiger partial charge in [0.15, 0.2) is 0 Å². The Bertz CT molecular complexity index is 667. The summed E-state index contributed by atoms with van der Waals surface area (Å²) in [5, 5.41) is 6.88. The number of rotatable bonds is 15. The molecule has 0 aliphatic heterocycles. The first-order valence-corrected chi connectivity index (χ1v) is 16.6. The highest BCUT2D eigenvalue weighted by atomic mass is 32.2. The minimum atomic E-state index is -3.76. The summed E-state index contributed by atoms with van der Waals surface area (Å²) in [6, 6.07) is 0. The number of hydrogen-bond donors (Lipinski definition) is 2. The molecule has 2 aliphatic carbocycles. The average Bonchev–Trinajstić information content (AvgIpc) is 2.81. The predicted octanol–water partition coefficient (Wildman–Crippen LogP) is 9.44. The molecule has 2 atom stereocenters. The summed E-state index contributed by atoms with van der Waals surface area (Å²) in [5.41, 5.74) is 1.17. The number of ether oxygens (including phenoxy) is 1. The van der Waals surface area contributed by atoms with Crippen LogP contribution in [0.15, 0.2) is 23.8 Å². The Kier molecular flexibility index (Phi) is 27.5. The van der Waals surface area contributed by atoms with Crippen molar-refractivity contribution in [3.8, 4) is 0 Å². The van der Waals surface area contributed by atoms with Crippen LogP contribution >= 0.6 is 0 Å². The smallest absolute Gasteiger partial charge is 0.264 e. The maximum atomic E-state index is 10.3. The van der Waals surface area contributed by atoms with Gasteiger partial charge in [0.1, 0.15) is 0 Å². The van der Waals surface area contributed by atoms with Gasteiger partial charge < -0.3 is 10.1 Å². The fraction of sp³-hybridized carbons (Fsp3) is 0.839. The number of nitrogens with one attached hydrogen (secondary N) is 1. The lowest BCUT2D eigenvalue weighted by Crippen LogP contribution is -2.20. The zero-order valence-electron chi connectivity index (χ0n) is 25.1. The second-order valence-corrected chi connectivity index (χ2v) is 12.1. The Labute approximate surface area is 231 Å². The van der Waals surface area contributed by atoms with Crippen molar-refractivity contribution in [1.29, 1.82) is 5.41 Å². The Morgan fingerprint density at radius 2 is 1.59 bits per heavy atom. The molecule has 0 aromatic rings. The number of hydrogen-bond acceptors (Lipinski definition) is 4. The molecule has 2 aliphatic rings. The molecular weight excluding hydrogens is 482 g/mol. The molecule has 220 valence electrons. The zero-order chi connectivity index (χ0) is 28.4. The van der Waals surface area contributed by atoms with E-state index in [2.05, 4.69) is 39.8 Å². The van der Waals surface area contributed by atoms with E-state index in [-0.39, 0.29) is 5.75 Å². The fourth-order valence-electron chi connectivity index (χ4n) is 3.90. The van der Waals surface area contributed by atoms with Crippen LogP contribution in [0.2, 0.25) is 0 Å². The van der Waals surface area contributed by atoms with Crippen molar-refractivity contribution in [2.24, 2.45) is 17.8 Å². The summed E-state index contributed by atoms with van der Waals surface area (Å²) in [5.74, 6) is 2.65. The van der Waals surface area contributed by atoms with E-state index in [0.717, 1.165) is 43.6 Å². The fourth-order valence-corrected chi connectivity index (χ4v) is 4.46. The minimum absolute atomic E-state index is 0.138. The van der Waals surface area contributed by atoms with Gasteiger partial charge in [0.2, 0.25) is 0 Å². The maximum absolute atomic E-state index is 10.3. The molecule has 2 unspecified atom stereocenters. The van der Waals surface area contributed by atoms with Crippen molar-refractivity contribution in [3.05, 3.63) is 23.8 Å². The largest absolute Gasteiger partial charge is 0.381 e. The summed E-state index contributed by atoms with van der Waals surface area (Å²) in [6.45, 7) is 14.5. The predicted molar refractivity (Wildman–Crippen MR) is 162 cm³/mol. The summed E-state index contributed by atoms with van der Waals surface area (Å²) >= 11 is 0. The van der Waals surface area contributed by atoms with Gasteiger partial charge in [-0.15, -0.1) is 0 Å². The molecule has 5 nitrogen and oxygen atoms in total. The van der Waals surface area contributed by atoms with E-state index in [1.54, 1.807) is 0 Å². The normalized spacial score (nSPS) is 19.3. The molecule has 2 fully saturated rings. The van der Waals surface area contributed by atoms with Gasteiger partial charge in [-0.25, -0.2) is 0 Å². The first-order valence-electron chi connectivity index (χ1n) is 15.0. The van der Waals surface area contributed by atoms with Gasteiger partial charge in [0.05, 0.1) is 5.75 Å². The van der Waals surface area contributed by atoms with Crippen LogP contribution in [0.5, 0.6) is 0 Å². The lowest BCUT2D eigenvalue weighted by molar-refractivity contribution is 0.131. The van der Waals surface area contributed by atoms with Crippen molar-refractivity contribution in [3.63, 3.8) is 0 Å². The van der Waals surface area contributed by atoms with E-state index in [0.29, 0.717) is 13.0 Å². The minimum Gasteiger partial charge on any atom is -0.381 e. The van der Waals surface area contributed by atoms with E-state index in [9.17, 15) is 8.42 Å². The molecule has 0 radical (unpaired) electrons. The third kappa shape index (κ3) is 27.9. The highest BCUT2D eigenvalue weighted by Crippen LogP contribution is 2.34. The van der Waals surface area contributed by atoms with Gasteiger partial charge in [-0.3, -0.25) is 4.55 Å². The maximum Gasteiger partial charge on any atom is 0.264 e. The highest BCUT2D eigenvalue weighted by molar-refractivity contribution is 7.85. The van der Waals surface area contributed by atoms with Gasteiger partial charge in [-0.2, -0.15) is 8.42 Å². The zero-order valence-corrected chi connectivity index (χ0v) is 26.0. The van der Waals surface area contributed by atoms with Crippen LogP contribution in [0.4, 0.5) is 0 Å². The lowest BCUT2D eigenvalue weighted by Gasteiger charge is -2.31. The molecule has 2 saturated carbocycles. The second-order valence-electron chi connectivity index (χ2n) is 10.6. The molecular formula is C31H61NO4S. The van der Waals surface area contributed by atoms with Gasteiger partial charge in [-0.05, 0) is 68.4 Å². The Morgan fingerprint density at radius 3 is 1.95 bits per heavy atom. The van der Waals surface area contributed by atoms with Crippen LogP contribution in [0.3, 0.4) is 0 Å². The molecule has 0 saturated heterocycles. The molecule has 2 rings (SSSR count). The quantitative estimate of drug-likeness (QED) is 0.0931. The van der Waals surface area contributed by atoms with Crippen molar-refractivity contribution in [2.75, 3.05) is 19.0 Å². The molecule has 0 aromatic carbocycles. The summed E-state index contributed by atoms with van der Waals surface area (Å²) < 4.78 is 34.2. The molecule has 2 N–H and O–H groups in total. The molecule has 37 heavy (non-hydrogen) atoms. The van der Waals surface area contributed by atoms with Crippen molar-refractivity contribution in [2.45, 2.75) is 131 Å². The molecule has 6 heteroatoms. The van der Waals surface area contributed by atoms with Crippen molar-refractivity contribution < 1.29 is 17.7 Å². The van der Waals surface area contributed by atoms with Gasteiger partial charge in [0, 0.05) is 19.4 Å². The van der Waals surface area contributed by atoms with Crippen molar-refractivity contribution in [1.82, 2.24) is 0 Å². The average molecular weight is 544 g/mol. The van der Waals surface area contributed by atoms with Crippen LogP contribution in [-0.2, 0) is 14.9 Å². The van der Waals surface area contributed by atoms with Crippen LogP contribution in [0, 0.1) is 23.2 Å². The van der Waals surface area contributed by atoms with Crippen LogP contribution in [0.1, 0.15) is 131 Å². The SMILES string of the molecule is CC(/C=C\C1CCC1C)=C/C=N.CCCC1CCC1.CCCCC.CCCOCCCCCS(=O)(=O)O. The molecule has 0 aromatic heterocycles. The standard InChI is InChI=1S/C11H17N.C8H18O4S.C7H14.C5H12/c1-9(7-8-12)3-5-11-6-4-10(11)2;1-2-6-12-7-4-3-5-8-13(9,10)11;1-2-4-7-5-3-6-7;1-3-5-4-2/h3,5,7-8,10-12H,4,6H2,1-2H3;2-8H2,1H3,(H,9,10,11);7H,2-6H2,1H3;3-5H2,1-2H3/b5-3-,9-7-,12-8?;;;. The van der Waals surface area contributed by atoms with Crippen LogP contribution in [0.25, 0.3) is 0 Å². The van der Waals surface area contributed by atoms with E-state index in [4.69, 9.17) is 14.7 Å². The van der Waals surface area contributed by atoms with Gasteiger partial charge in [-0.1, -0.05) is 105 Å². The Morgan fingerprint density at radius 1 is 0.919 bits per heavy atom. The van der Waals surface area contributed by atoms with Crippen molar-refractivity contribution >= 4 is 16.3 Å². The monoisotopic (exact) mass is 543 g/mol. The third-order valence-corrected chi connectivity index (χ3v) is 7.61. The van der Waals surface area contributed by atoms with E-state index in [1.807, 2.05) is 19.9 Å². The lowest BCUT2D eigenvalue weighted by atomic mass is 9.75. The third-order valence-electron chi connectivity index (χ3n) is 6.81. The molecule has 0 heterocycles. The summed E-state index contributed by atoms with van der Waals surface area (Å²) in [4.78, 5) is 0.